The highest BCUT2D eigenvalue weighted by atomic mass is 16.3. The summed E-state index contributed by atoms with van der Waals surface area (Å²) in [5.74, 6) is 1.66. The lowest BCUT2D eigenvalue weighted by molar-refractivity contribution is 0.289. The second kappa shape index (κ2) is 7.53. The Morgan fingerprint density at radius 1 is 1.29 bits per heavy atom. The van der Waals surface area contributed by atoms with Gasteiger partial charge in [-0.1, -0.05) is 0 Å². The number of anilines is 2. The molecule has 8 nitrogen and oxygen atoms in total. The maximum atomic E-state index is 9.00. The van der Waals surface area contributed by atoms with Crippen LogP contribution in [0.4, 0.5) is 11.9 Å². The van der Waals surface area contributed by atoms with Gasteiger partial charge < -0.3 is 15.3 Å². The second-order valence-electron chi connectivity index (χ2n) is 4.42. The third-order valence-electron chi connectivity index (χ3n) is 2.93. The molecule has 0 spiro atoms. The molecule has 0 aliphatic heterocycles. The molecule has 2 N–H and O–H groups in total. The quantitative estimate of drug-likeness (QED) is 0.739. The van der Waals surface area contributed by atoms with Gasteiger partial charge in [0.2, 0.25) is 17.8 Å². The van der Waals surface area contributed by atoms with E-state index in [-0.39, 0.29) is 6.61 Å². The van der Waals surface area contributed by atoms with E-state index in [1.807, 2.05) is 18.7 Å². The first-order valence-electron chi connectivity index (χ1n) is 7.12. The minimum Gasteiger partial charge on any atom is -0.396 e. The lowest BCUT2D eigenvalue weighted by Gasteiger charge is -2.21. The van der Waals surface area contributed by atoms with Gasteiger partial charge in [-0.15, -0.1) is 0 Å². The Kier molecular flexibility index (Phi) is 5.44. The molecule has 114 valence electrons. The van der Waals surface area contributed by atoms with E-state index in [0.29, 0.717) is 30.8 Å². The zero-order valence-electron chi connectivity index (χ0n) is 12.4. The van der Waals surface area contributed by atoms with Gasteiger partial charge in [0.05, 0.1) is 0 Å². The van der Waals surface area contributed by atoms with E-state index in [1.165, 1.54) is 0 Å². The molecule has 2 rings (SSSR count). The molecule has 0 bridgehead atoms. The summed E-state index contributed by atoms with van der Waals surface area (Å²) >= 11 is 0. The Labute approximate surface area is 123 Å². The number of aromatic nitrogens is 5. The van der Waals surface area contributed by atoms with E-state index in [4.69, 9.17) is 5.11 Å². The van der Waals surface area contributed by atoms with Crippen LogP contribution in [-0.2, 0) is 0 Å². The van der Waals surface area contributed by atoms with Crippen molar-refractivity contribution in [3.8, 4) is 5.95 Å². The number of rotatable bonds is 8. The number of hydrogen-bond donors (Lipinski definition) is 2. The summed E-state index contributed by atoms with van der Waals surface area (Å²) < 4.78 is 1.74. The Morgan fingerprint density at radius 3 is 2.76 bits per heavy atom. The van der Waals surface area contributed by atoms with E-state index >= 15 is 0 Å². The maximum Gasteiger partial charge on any atom is 0.241 e. The highest BCUT2D eigenvalue weighted by molar-refractivity contribution is 5.40. The van der Waals surface area contributed by atoms with Crippen molar-refractivity contribution < 1.29 is 5.11 Å². The van der Waals surface area contributed by atoms with Crippen LogP contribution in [0.2, 0.25) is 0 Å². The molecule has 0 radical (unpaired) electrons. The molecule has 0 aliphatic carbocycles. The van der Waals surface area contributed by atoms with Gasteiger partial charge >= 0.3 is 0 Å². The fraction of sp³-hybridized carbons (Fsp3) is 0.538. The normalized spacial score (nSPS) is 10.6. The minimum atomic E-state index is 0.149. The predicted molar refractivity (Wildman–Crippen MR) is 80.7 cm³/mol. The first kappa shape index (κ1) is 15.2. The van der Waals surface area contributed by atoms with Crippen LogP contribution in [0.1, 0.15) is 20.3 Å². The number of hydrogen-bond acceptors (Lipinski definition) is 7. The van der Waals surface area contributed by atoms with Gasteiger partial charge in [-0.3, -0.25) is 4.57 Å². The number of imidazole rings is 1. The largest absolute Gasteiger partial charge is 0.396 e. The van der Waals surface area contributed by atoms with Crippen molar-refractivity contribution in [2.45, 2.75) is 20.3 Å². The van der Waals surface area contributed by atoms with Gasteiger partial charge in [-0.25, -0.2) is 4.98 Å². The van der Waals surface area contributed by atoms with Crippen LogP contribution < -0.4 is 10.2 Å². The van der Waals surface area contributed by atoms with Crippen molar-refractivity contribution >= 4 is 11.9 Å². The van der Waals surface area contributed by atoms with Crippen molar-refractivity contribution in [3.63, 3.8) is 0 Å². The van der Waals surface area contributed by atoms with Crippen LogP contribution in [0.15, 0.2) is 18.7 Å². The van der Waals surface area contributed by atoms with Crippen molar-refractivity contribution in [2.75, 3.05) is 36.5 Å². The Morgan fingerprint density at radius 2 is 2.14 bits per heavy atom. The van der Waals surface area contributed by atoms with E-state index in [1.54, 1.807) is 23.3 Å². The second-order valence-corrected chi connectivity index (χ2v) is 4.42. The summed E-state index contributed by atoms with van der Waals surface area (Å²) in [5, 5.41) is 12.1. The molecule has 0 aromatic carbocycles. The van der Waals surface area contributed by atoms with Gasteiger partial charge in [0.15, 0.2) is 0 Å². The molecule has 8 heteroatoms. The summed E-state index contributed by atoms with van der Waals surface area (Å²) in [7, 11) is 0. The molecule has 0 saturated heterocycles. The Bertz CT molecular complexity index is 543. The van der Waals surface area contributed by atoms with Gasteiger partial charge in [-0.2, -0.15) is 15.0 Å². The van der Waals surface area contributed by atoms with E-state index < -0.39 is 0 Å². The number of aliphatic hydroxyl groups is 1. The standard InChI is InChI=1S/C13H21N7O/c1-3-15-11-16-12(19(4-2)7-5-9-21)18-13(17-11)20-8-6-14-10-20/h6,8,10,21H,3-5,7,9H2,1-2H3,(H,15,16,17,18). The van der Waals surface area contributed by atoms with E-state index in [9.17, 15) is 0 Å². The van der Waals surface area contributed by atoms with Crippen LogP contribution in [0.25, 0.3) is 5.95 Å². The smallest absolute Gasteiger partial charge is 0.241 e. The number of aliphatic hydroxyl groups excluding tert-OH is 1. The molecule has 21 heavy (non-hydrogen) atoms. The van der Waals surface area contributed by atoms with Crippen molar-refractivity contribution in [1.82, 2.24) is 24.5 Å². The van der Waals surface area contributed by atoms with E-state index in [0.717, 1.165) is 13.1 Å². The molecular formula is C13H21N7O. The molecule has 2 aromatic heterocycles. The van der Waals surface area contributed by atoms with Gasteiger partial charge in [0.1, 0.15) is 6.33 Å². The Balaban J connectivity index is 2.34. The van der Waals surface area contributed by atoms with Crippen LogP contribution in [0, 0.1) is 0 Å². The minimum absolute atomic E-state index is 0.149. The van der Waals surface area contributed by atoms with Crippen molar-refractivity contribution in [2.24, 2.45) is 0 Å². The molecule has 0 saturated carbocycles. The van der Waals surface area contributed by atoms with Crippen LogP contribution in [-0.4, -0.2) is 55.9 Å². The molecule has 2 heterocycles. The zero-order valence-corrected chi connectivity index (χ0v) is 12.4. The first-order valence-corrected chi connectivity index (χ1v) is 7.12. The first-order chi connectivity index (χ1) is 10.3. The summed E-state index contributed by atoms with van der Waals surface area (Å²) in [6.45, 7) is 6.37. The fourth-order valence-electron chi connectivity index (χ4n) is 1.89. The van der Waals surface area contributed by atoms with Gasteiger partial charge in [-0.05, 0) is 20.3 Å². The highest BCUT2D eigenvalue weighted by Crippen LogP contribution is 2.13. The van der Waals surface area contributed by atoms with Crippen molar-refractivity contribution in [1.29, 1.82) is 0 Å². The summed E-state index contributed by atoms with van der Waals surface area (Å²) in [4.78, 5) is 19.3. The molecule has 0 unspecified atom stereocenters. The number of nitrogens with one attached hydrogen (secondary N) is 1. The SMILES string of the molecule is CCNc1nc(N(CC)CCCO)nc(-n2ccnc2)n1. The lowest BCUT2D eigenvalue weighted by atomic mass is 10.4. The average molecular weight is 291 g/mol. The molecule has 2 aromatic rings. The van der Waals surface area contributed by atoms with Gasteiger partial charge in [0.25, 0.3) is 0 Å². The maximum absolute atomic E-state index is 9.00. The van der Waals surface area contributed by atoms with Crippen LogP contribution >= 0.6 is 0 Å². The average Bonchev–Trinajstić information content (AvgIpc) is 3.02. The summed E-state index contributed by atoms with van der Waals surface area (Å²) in [6, 6.07) is 0. The van der Waals surface area contributed by atoms with Gasteiger partial charge in [0, 0.05) is 38.6 Å². The predicted octanol–water partition coefficient (Wildman–Crippen LogP) is 0.698. The van der Waals surface area contributed by atoms with Crippen molar-refractivity contribution in [3.05, 3.63) is 18.7 Å². The monoisotopic (exact) mass is 291 g/mol. The summed E-state index contributed by atoms with van der Waals surface area (Å²) in [6.07, 6.45) is 5.80. The zero-order chi connectivity index (χ0) is 15.1. The summed E-state index contributed by atoms with van der Waals surface area (Å²) in [5.41, 5.74) is 0. The molecular weight excluding hydrogens is 270 g/mol. The van der Waals surface area contributed by atoms with Crippen LogP contribution in [0.5, 0.6) is 0 Å². The molecule has 0 atom stereocenters. The Hall–Kier alpha value is -2.22. The molecule has 0 fully saturated rings. The van der Waals surface area contributed by atoms with Crippen LogP contribution in [0.3, 0.4) is 0 Å². The molecule has 0 aliphatic rings. The van der Waals surface area contributed by atoms with E-state index in [2.05, 4.69) is 25.3 Å². The number of nitrogens with zero attached hydrogens (tertiary/aromatic N) is 6. The highest BCUT2D eigenvalue weighted by Gasteiger charge is 2.12. The fourth-order valence-corrected chi connectivity index (χ4v) is 1.89. The third kappa shape index (κ3) is 3.88. The lowest BCUT2D eigenvalue weighted by Crippen LogP contribution is -2.27. The topological polar surface area (TPSA) is 92.0 Å². The third-order valence-corrected chi connectivity index (χ3v) is 2.93. The molecule has 0 amide bonds.